The highest BCUT2D eigenvalue weighted by Gasteiger charge is 2.35. The molecule has 1 aromatic rings. The molecular weight excluding hydrogens is 277 g/mol. The predicted octanol–water partition coefficient (Wildman–Crippen LogP) is 3.52. The molecule has 21 heavy (non-hydrogen) atoms. The van der Waals surface area contributed by atoms with E-state index in [0.29, 0.717) is 24.1 Å². The second-order valence-corrected chi connectivity index (χ2v) is 5.91. The van der Waals surface area contributed by atoms with Crippen LogP contribution in [0.15, 0.2) is 24.3 Å². The Morgan fingerprint density at radius 2 is 1.90 bits per heavy atom. The number of benzene rings is 1. The number of halogens is 3. The van der Waals surface area contributed by atoms with Gasteiger partial charge in [0.05, 0.1) is 5.56 Å². The van der Waals surface area contributed by atoms with Crippen LogP contribution < -0.4 is 5.32 Å². The first-order chi connectivity index (χ1) is 9.84. The number of rotatable bonds is 3. The minimum absolute atomic E-state index is 0.262. The second-order valence-electron chi connectivity index (χ2n) is 5.91. The van der Waals surface area contributed by atoms with E-state index in [1.54, 1.807) is 12.1 Å². The number of hydrogen-bond acceptors (Lipinski definition) is 2. The van der Waals surface area contributed by atoms with Crippen LogP contribution in [0.2, 0.25) is 0 Å². The highest BCUT2D eigenvalue weighted by atomic mass is 19.4. The zero-order valence-electron chi connectivity index (χ0n) is 12.7. The lowest BCUT2D eigenvalue weighted by molar-refractivity contribution is -0.138. The molecule has 0 spiro atoms. The molecule has 1 aromatic carbocycles. The van der Waals surface area contributed by atoms with Gasteiger partial charge >= 0.3 is 6.18 Å². The number of likely N-dealkylation sites (tertiary alicyclic amines) is 1. The quantitative estimate of drug-likeness (QED) is 0.919. The molecule has 5 heteroatoms. The molecule has 118 valence electrons. The molecule has 1 saturated heterocycles. The number of hydrogen-bond donors (Lipinski definition) is 1. The molecule has 2 rings (SSSR count). The van der Waals surface area contributed by atoms with Crippen molar-refractivity contribution in [2.75, 3.05) is 13.6 Å². The van der Waals surface area contributed by atoms with Crippen molar-refractivity contribution >= 4 is 0 Å². The van der Waals surface area contributed by atoms with Crippen molar-refractivity contribution in [1.29, 1.82) is 0 Å². The molecule has 3 unspecified atom stereocenters. The maximum absolute atomic E-state index is 13.1. The van der Waals surface area contributed by atoms with Crippen molar-refractivity contribution in [2.24, 2.45) is 5.92 Å². The third kappa shape index (κ3) is 3.58. The van der Waals surface area contributed by atoms with Gasteiger partial charge in [0, 0.05) is 25.2 Å². The fourth-order valence-corrected chi connectivity index (χ4v) is 3.22. The van der Waals surface area contributed by atoms with Gasteiger partial charge in [-0.2, -0.15) is 13.2 Å². The first kappa shape index (κ1) is 16.3. The summed E-state index contributed by atoms with van der Waals surface area (Å²) in [5, 5.41) is 3.30. The van der Waals surface area contributed by atoms with Gasteiger partial charge in [-0.3, -0.25) is 4.90 Å². The van der Waals surface area contributed by atoms with Crippen molar-refractivity contribution in [3.63, 3.8) is 0 Å². The highest BCUT2D eigenvalue weighted by Crippen LogP contribution is 2.33. The largest absolute Gasteiger partial charge is 0.416 e. The van der Waals surface area contributed by atoms with E-state index in [2.05, 4.69) is 24.1 Å². The molecule has 3 atom stereocenters. The maximum atomic E-state index is 13.1. The molecule has 1 fully saturated rings. The molecule has 1 N–H and O–H groups in total. The standard InChI is InChI=1S/C16H23F3N2/c1-11-12(2)21(9-8-15(11)20-3)10-13-6-4-5-7-14(13)16(17,18)19/h4-7,11-12,15,20H,8-10H2,1-3H3. The SMILES string of the molecule is CNC1CCN(Cc2ccccc2C(F)(F)F)C(C)C1C. The van der Waals surface area contributed by atoms with Crippen LogP contribution in [0.5, 0.6) is 0 Å². The van der Waals surface area contributed by atoms with Gasteiger partial charge in [-0.15, -0.1) is 0 Å². The lowest BCUT2D eigenvalue weighted by Crippen LogP contribution is -2.52. The van der Waals surface area contributed by atoms with E-state index in [0.717, 1.165) is 13.0 Å². The minimum Gasteiger partial charge on any atom is -0.317 e. The van der Waals surface area contributed by atoms with Gasteiger partial charge in [0.15, 0.2) is 0 Å². The van der Waals surface area contributed by atoms with Crippen LogP contribution in [0, 0.1) is 5.92 Å². The Morgan fingerprint density at radius 3 is 2.52 bits per heavy atom. The zero-order valence-corrected chi connectivity index (χ0v) is 12.7. The molecule has 0 amide bonds. The molecule has 0 aliphatic carbocycles. The third-order valence-electron chi connectivity index (χ3n) is 4.77. The zero-order chi connectivity index (χ0) is 15.6. The molecule has 0 bridgehead atoms. The first-order valence-electron chi connectivity index (χ1n) is 7.41. The lowest BCUT2D eigenvalue weighted by Gasteiger charge is -2.43. The van der Waals surface area contributed by atoms with Crippen LogP contribution >= 0.6 is 0 Å². The Kier molecular flexibility index (Phi) is 4.94. The van der Waals surface area contributed by atoms with Crippen molar-refractivity contribution in [3.05, 3.63) is 35.4 Å². The van der Waals surface area contributed by atoms with Crippen molar-refractivity contribution < 1.29 is 13.2 Å². The normalized spacial score (nSPS) is 27.8. The number of alkyl halides is 3. The summed E-state index contributed by atoms with van der Waals surface area (Å²) in [6.45, 7) is 5.44. The molecule has 1 aliphatic rings. The second kappa shape index (κ2) is 6.36. The van der Waals surface area contributed by atoms with Crippen molar-refractivity contribution in [1.82, 2.24) is 10.2 Å². The fourth-order valence-electron chi connectivity index (χ4n) is 3.22. The summed E-state index contributed by atoms with van der Waals surface area (Å²) in [7, 11) is 1.95. The van der Waals surface area contributed by atoms with Gasteiger partial charge in [0.2, 0.25) is 0 Å². The highest BCUT2D eigenvalue weighted by molar-refractivity contribution is 5.29. The van der Waals surface area contributed by atoms with Gasteiger partial charge in [-0.1, -0.05) is 25.1 Å². The van der Waals surface area contributed by atoms with Gasteiger partial charge in [0.25, 0.3) is 0 Å². The number of piperidine rings is 1. The average Bonchev–Trinajstić information content (AvgIpc) is 2.44. The Hall–Kier alpha value is -1.07. The molecule has 2 nitrogen and oxygen atoms in total. The van der Waals surface area contributed by atoms with Gasteiger partial charge in [-0.25, -0.2) is 0 Å². The number of nitrogens with zero attached hydrogens (tertiary/aromatic N) is 1. The average molecular weight is 300 g/mol. The van der Waals surface area contributed by atoms with E-state index in [-0.39, 0.29) is 6.04 Å². The van der Waals surface area contributed by atoms with Crippen LogP contribution in [0.25, 0.3) is 0 Å². The van der Waals surface area contributed by atoms with E-state index in [1.807, 2.05) is 7.05 Å². The van der Waals surface area contributed by atoms with Crippen LogP contribution in [-0.4, -0.2) is 30.6 Å². The summed E-state index contributed by atoms with van der Waals surface area (Å²) >= 11 is 0. The molecule has 1 aliphatic heterocycles. The maximum Gasteiger partial charge on any atom is 0.416 e. The topological polar surface area (TPSA) is 15.3 Å². The molecule has 0 saturated carbocycles. The molecular formula is C16H23F3N2. The summed E-state index contributed by atoms with van der Waals surface area (Å²) in [5.41, 5.74) is -0.146. The van der Waals surface area contributed by atoms with Crippen molar-refractivity contribution in [3.8, 4) is 0 Å². The van der Waals surface area contributed by atoms with E-state index in [4.69, 9.17) is 0 Å². The summed E-state index contributed by atoms with van der Waals surface area (Å²) < 4.78 is 39.2. The molecule has 0 aromatic heterocycles. The Labute approximate surface area is 124 Å². The smallest absolute Gasteiger partial charge is 0.317 e. The van der Waals surface area contributed by atoms with Crippen molar-refractivity contribution in [2.45, 2.75) is 45.1 Å². The Morgan fingerprint density at radius 1 is 1.24 bits per heavy atom. The summed E-state index contributed by atoms with van der Waals surface area (Å²) in [6, 6.07) is 6.59. The third-order valence-corrected chi connectivity index (χ3v) is 4.77. The Balaban J connectivity index is 2.16. The molecule has 1 heterocycles. The summed E-state index contributed by atoms with van der Waals surface area (Å²) in [5.74, 6) is 0.418. The number of nitrogens with one attached hydrogen (secondary N) is 1. The van der Waals surface area contributed by atoms with Crippen LogP contribution in [0.4, 0.5) is 13.2 Å². The molecule has 0 radical (unpaired) electrons. The van der Waals surface area contributed by atoms with E-state index >= 15 is 0 Å². The summed E-state index contributed by atoms with van der Waals surface area (Å²) in [6.07, 6.45) is -3.31. The lowest BCUT2D eigenvalue weighted by atomic mass is 9.86. The van der Waals surface area contributed by atoms with Crippen LogP contribution in [-0.2, 0) is 12.7 Å². The fraction of sp³-hybridized carbons (Fsp3) is 0.625. The Bertz CT molecular complexity index is 473. The first-order valence-corrected chi connectivity index (χ1v) is 7.41. The summed E-state index contributed by atoms with van der Waals surface area (Å²) in [4.78, 5) is 2.16. The van der Waals surface area contributed by atoms with E-state index in [9.17, 15) is 13.2 Å². The van der Waals surface area contributed by atoms with Gasteiger partial charge in [0.1, 0.15) is 0 Å². The minimum atomic E-state index is -4.28. The van der Waals surface area contributed by atoms with Gasteiger partial charge < -0.3 is 5.32 Å². The van der Waals surface area contributed by atoms with Gasteiger partial charge in [-0.05, 0) is 37.9 Å². The van der Waals surface area contributed by atoms with E-state index < -0.39 is 11.7 Å². The predicted molar refractivity (Wildman–Crippen MR) is 77.9 cm³/mol. The van der Waals surface area contributed by atoms with Crippen LogP contribution in [0.1, 0.15) is 31.4 Å². The monoisotopic (exact) mass is 300 g/mol. The van der Waals surface area contributed by atoms with Crippen LogP contribution in [0.3, 0.4) is 0 Å². The van der Waals surface area contributed by atoms with E-state index in [1.165, 1.54) is 12.1 Å².